The van der Waals surface area contributed by atoms with Gasteiger partial charge in [0.2, 0.25) is 5.60 Å². The van der Waals surface area contributed by atoms with Gasteiger partial charge in [-0.1, -0.05) is 61.5 Å². The lowest BCUT2D eigenvalue weighted by Crippen LogP contribution is -2.33. The molecule has 0 saturated heterocycles. The molecule has 0 amide bonds. The summed E-state index contributed by atoms with van der Waals surface area (Å²) in [6.07, 6.45) is 3.98. The van der Waals surface area contributed by atoms with E-state index in [4.69, 9.17) is 9.72 Å². The van der Waals surface area contributed by atoms with Crippen molar-refractivity contribution in [2.75, 3.05) is 18.0 Å². The van der Waals surface area contributed by atoms with Gasteiger partial charge in [0.15, 0.2) is 5.69 Å². The number of rotatable bonds is 7. The van der Waals surface area contributed by atoms with Crippen LogP contribution < -0.4 is 4.90 Å². The summed E-state index contributed by atoms with van der Waals surface area (Å²) in [5.41, 5.74) is 6.70. The second-order valence-electron chi connectivity index (χ2n) is 9.86. The Hall–Kier alpha value is -4.45. The average molecular weight is 517 g/mol. The van der Waals surface area contributed by atoms with Crippen LogP contribution in [0.15, 0.2) is 85.2 Å². The highest BCUT2D eigenvalue weighted by Gasteiger charge is 2.54. The molecule has 0 fully saturated rings. The van der Waals surface area contributed by atoms with Crippen molar-refractivity contribution >= 4 is 22.6 Å². The van der Waals surface area contributed by atoms with Gasteiger partial charge < -0.3 is 14.2 Å². The van der Waals surface area contributed by atoms with E-state index in [1.807, 2.05) is 30.3 Å². The number of benzene rings is 3. The van der Waals surface area contributed by atoms with Gasteiger partial charge in [0.1, 0.15) is 5.69 Å². The predicted molar refractivity (Wildman–Crippen MR) is 155 cm³/mol. The number of cyclic esters (lactones) is 1. The number of nitrogens with zero attached hydrogens (tertiary/aromatic N) is 4. The number of hydrogen-bond acceptors (Lipinski definition) is 5. The Balaban J connectivity index is 1.77. The van der Waals surface area contributed by atoms with Crippen LogP contribution in [-0.2, 0) is 23.8 Å². The van der Waals surface area contributed by atoms with Crippen LogP contribution in [0.4, 0.5) is 5.69 Å². The molecule has 3 aromatic carbocycles. The summed E-state index contributed by atoms with van der Waals surface area (Å²) in [6.45, 7) is 8.30. The van der Waals surface area contributed by atoms with E-state index in [1.165, 1.54) is 0 Å². The number of esters is 1. The summed E-state index contributed by atoms with van der Waals surface area (Å²) < 4.78 is 8.77. The first-order valence-corrected chi connectivity index (χ1v) is 13.6. The van der Waals surface area contributed by atoms with E-state index in [2.05, 4.69) is 84.7 Å². The van der Waals surface area contributed by atoms with Crippen LogP contribution in [0.2, 0.25) is 0 Å². The van der Waals surface area contributed by atoms with Gasteiger partial charge >= 0.3 is 5.97 Å². The predicted octanol–water partition coefficient (Wildman–Crippen LogP) is 6.51. The van der Waals surface area contributed by atoms with Gasteiger partial charge in [-0.15, -0.1) is 0 Å². The number of carbonyl (C=O) groups is 1. The van der Waals surface area contributed by atoms with Crippen LogP contribution in [-0.4, -0.2) is 33.6 Å². The first kappa shape index (κ1) is 24.9. The first-order chi connectivity index (χ1) is 19.0. The van der Waals surface area contributed by atoms with Gasteiger partial charge in [-0.05, 0) is 49.6 Å². The number of anilines is 1. The zero-order valence-electron chi connectivity index (χ0n) is 22.8. The van der Waals surface area contributed by atoms with Crippen LogP contribution in [0.1, 0.15) is 53.6 Å². The van der Waals surface area contributed by atoms with E-state index < -0.39 is 11.6 Å². The summed E-state index contributed by atoms with van der Waals surface area (Å²) >= 11 is 0. The smallest absolute Gasteiger partial charge is 0.360 e. The fourth-order valence-electron chi connectivity index (χ4n) is 6.15. The first-order valence-electron chi connectivity index (χ1n) is 13.6. The van der Waals surface area contributed by atoms with Gasteiger partial charge in [0.25, 0.3) is 0 Å². The number of carbonyl (C=O) groups excluding carboxylic acids is 1. The molecule has 0 radical (unpaired) electrons. The Bertz CT molecular complexity index is 1690. The second kappa shape index (κ2) is 9.70. The molecule has 3 heterocycles. The molecule has 1 aliphatic heterocycles. The quantitative estimate of drug-likeness (QED) is 0.231. The molecule has 0 spiro atoms. The highest BCUT2D eigenvalue weighted by Crippen LogP contribution is 2.52. The average Bonchev–Trinajstić information content (AvgIpc) is 3.46. The molecule has 39 heavy (non-hydrogen) atoms. The van der Waals surface area contributed by atoms with E-state index in [0.29, 0.717) is 5.69 Å². The molecular formula is C33H32N4O2. The summed E-state index contributed by atoms with van der Waals surface area (Å²) in [5.74, 6) is -0.458. The number of fused-ring (bicyclic) bond motifs is 2. The van der Waals surface area contributed by atoms with Crippen molar-refractivity contribution < 1.29 is 9.53 Å². The van der Waals surface area contributed by atoms with Crippen molar-refractivity contribution in [3.8, 4) is 11.3 Å². The van der Waals surface area contributed by atoms with E-state index in [0.717, 1.165) is 64.0 Å². The molecule has 0 N–H and O–H groups in total. The van der Waals surface area contributed by atoms with Gasteiger partial charge in [-0.2, -0.15) is 0 Å². The van der Waals surface area contributed by atoms with Crippen LogP contribution in [0.25, 0.3) is 22.2 Å². The van der Waals surface area contributed by atoms with E-state index in [9.17, 15) is 4.79 Å². The van der Waals surface area contributed by atoms with Gasteiger partial charge in [0.05, 0.1) is 5.69 Å². The fourth-order valence-corrected chi connectivity index (χ4v) is 6.15. The minimum absolute atomic E-state index is 0.263. The molecule has 0 aliphatic carbocycles. The maximum atomic E-state index is 13.5. The maximum Gasteiger partial charge on any atom is 0.360 e. The molecule has 1 unspecified atom stereocenters. The Morgan fingerprint density at radius 3 is 2.36 bits per heavy atom. The molecule has 196 valence electrons. The minimum atomic E-state index is -1.26. The minimum Gasteiger partial charge on any atom is -0.438 e. The van der Waals surface area contributed by atoms with Crippen molar-refractivity contribution in [1.82, 2.24) is 14.5 Å². The molecule has 0 saturated carbocycles. The number of para-hydroxylation sites is 1. The zero-order valence-corrected chi connectivity index (χ0v) is 22.8. The van der Waals surface area contributed by atoms with Crippen LogP contribution in [0, 0.1) is 0 Å². The Morgan fingerprint density at radius 1 is 0.897 bits per heavy atom. The summed E-state index contributed by atoms with van der Waals surface area (Å²) in [4.78, 5) is 25.1. The Kier molecular flexibility index (Phi) is 6.18. The molecule has 6 rings (SSSR count). The van der Waals surface area contributed by atoms with E-state index in [1.54, 1.807) is 12.4 Å². The molecule has 5 aromatic rings. The lowest BCUT2D eigenvalue weighted by atomic mass is 9.78. The van der Waals surface area contributed by atoms with Crippen LogP contribution in [0.5, 0.6) is 0 Å². The summed E-state index contributed by atoms with van der Waals surface area (Å²) in [7, 11) is 2.07. The number of hydrogen-bond donors (Lipinski definition) is 0. The second-order valence-corrected chi connectivity index (χ2v) is 9.86. The van der Waals surface area contributed by atoms with E-state index >= 15 is 0 Å². The van der Waals surface area contributed by atoms with Crippen LogP contribution >= 0.6 is 0 Å². The molecule has 6 heteroatoms. The molecular weight excluding hydrogens is 484 g/mol. The third kappa shape index (κ3) is 3.66. The number of aryl methyl sites for hydroxylation is 2. The monoisotopic (exact) mass is 516 g/mol. The van der Waals surface area contributed by atoms with Gasteiger partial charge in [-0.25, -0.2) is 9.78 Å². The topological polar surface area (TPSA) is 60.2 Å². The highest BCUT2D eigenvalue weighted by molar-refractivity contribution is 5.99. The largest absolute Gasteiger partial charge is 0.438 e. The molecule has 1 atom stereocenters. The van der Waals surface area contributed by atoms with Gasteiger partial charge in [-0.3, -0.25) is 4.98 Å². The van der Waals surface area contributed by atoms with Crippen molar-refractivity contribution in [3.63, 3.8) is 0 Å². The van der Waals surface area contributed by atoms with Crippen molar-refractivity contribution in [2.24, 2.45) is 7.05 Å². The Labute approximate surface area is 228 Å². The highest BCUT2D eigenvalue weighted by atomic mass is 16.6. The fraction of sp³-hybridized carbons (Fsp3) is 0.242. The van der Waals surface area contributed by atoms with Crippen LogP contribution in [0.3, 0.4) is 0 Å². The lowest BCUT2D eigenvalue weighted by molar-refractivity contribution is 0.0244. The molecule has 2 aromatic heterocycles. The number of ether oxygens (including phenoxy) is 1. The third-order valence-electron chi connectivity index (χ3n) is 7.95. The van der Waals surface area contributed by atoms with Crippen molar-refractivity contribution in [3.05, 3.63) is 113 Å². The third-order valence-corrected chi connectivity index (χ3v) is 7.95. The summed E-state index contributed by atoms with van der Waals surface area (Å²) in [5, 5.41) is 1.01. The lowest BCUT2D eigenvalue weighted by Gasteiger charge is -2.33. The Morgan fingerprint density at radius 2 is 1.62 bits per heavy atom. The SMILES string of the molecule is CCc1cc(N(CC)CC)ccc1C1(c2c(-c3ccccc3)n(C)c3ccccc23)OC(=O)c2nccnc21. The molecule has 1 aliphatic rings. The normalized spacial score (nSPS) is 16.4. The standard InChI is InChI=1S/C33H32N4O2/c1-5-22-21-24(37(6-2)7-3)17-18-26(22)33(31-29(32(38)39-33)34-19-20-35-31)28-25-15-11-12-16-27(25)36(4)30(28)23-13-9-8-10-14-23/h8-21H,5-7H2,1-4H3. The van der Waals surface area contributed by atoms with Crippen molar-refractivity contribution in [1.29, 1.82) is 0 Å². The van der Waals surface area contributed by atoms with E-state index in [-0.39, 0.29) is 5.69 Å². The zero-order chi connectivity index (χ0) is 27.1. The molecule has 6 nitrogen and oxygen atoms in total. The summed E-state index contributed by atoms with van der Waals surface area (Å²) in [6, 6.07) is 25.1. The maximum absolute atomic E-state index is 13.5. The van der Waals surface area contributed by atoms with Gasteiger partial charge in [0, 0.05) is 60.2 Å². The molecule has 0 bridgehead atoms. The van der Waals surface area contributed by atoms with Crippen molar-refractivity contribution in [2.45, 2.75) is 32.8 Å². The number of aromatic nitrogens is 3.